The van der Waals surface area contributed by atoms with Gasteiger partial charge in [-0.1, -0.05) is 12.1 Å². The first-order valence-corrected chi connectivity index (χ1v) is 8.50. The summed E-state index contributed by atoms with van der Waals surface area (Å²) in [5, 5.41) is 3.44. The molecule has 0 atom stereocenters. The predicted molar refractivity (Wildman–Crippen MR) is 96.2 cm³/mol. The third-order valence-corrected chi connectivity index (χ3v) is 4.39. The molecule has 4 nitrogen and oxygen atoms in total. The van der Waals surface area contributed by atoms with Gasteiger partial charge >= 0.3 is 0 Å². The van der Waals surface area contributed by atoms with Crippen molar-refractivity contribution in [1.82, 2.24) is 0 Å². The second-order valence-corrected chi connectivity index (χ2v) is 6.10. The molecule has 1 fully saturated rings. The van der Waals surface area contributed by atoms with E-state index >= 15 is 0 Å². The molecule has 24 heavy (non-hydrogen) atoms. The molecule has 0 aromatic heterocycles. The van der Waals surface area contributed by atoms with Crippen molar-refractivity contribution in [2.45, 2.75) is 38.3 Å². The Morgan fingerprint density at radius 2 is 1.79 bits per heavy atom. The summed E-state index contributed by atoms with van der Waals surface area (Å²) >= 11 is 0. The maximum atomic E-state index is 6.14. The van der Waals surface area contributed by atoms with Gasteiger partial charge in [0.2, 0.25) is 0 Å². The predicted octanol–water partition coefficient (Wildman–Crippen LogP) is 4.64. The number of rotatable bonds is 7. The van der Waals surface area contributed by atoms with Crippen molar-refractivity contribution in [2.24, 2.45) is 0 Å². The van der Waals surface area contributed by atoms with Crippen molar-refractivity contribution >= 4 is 5.69 Å². The Labute approximate surface area is 143 Å². The zero-order valence-electron chi connectivity index (χ0n) is 14.4. The number of hydrogen-bond donors (Lipinski definition) is 1. The van der Waals surface area contributed by atoms with Crippen molar-refractivity contribution in [2.75, 3.05) is 19.5 Å². The molecule has 0 heterocycles. The van der Waals surface area contributed by atoms with E-state index in [1.54, 1.807) is 14.2 Å². The molecule has 1 N–H and O–H groups in total. The lowest BCUT2D eigenvalue weighted by Crippen LogP contribution is -2.12. The Morgan fingerprint density at radius 1 is 0.958 bits per heavy atom. The standard InChI is InChI=1S/C20H25NO3/c1-22-18-9-5-6-15(12-18)14-21-16-10-11-19(23-2)20(13-16)24-17-7-3-4-8-17/h5-6,9-13,17,21H,3-4,7-8,14H2,1-2H3. The highest BCUT2D eigenvalue weighted by molar-refractivity contribution is 5.55. The van der Waals surface area contributed by atoms with E-state index in [1.165, 1.54) is 18.4 Å². The van der Waals surface area contributed by atoms with Gasteiger partial charge in [-0.25, -0.2) is 0 Å². The van der Waals surface area contributed by atoms with Gasteiger partial charge in [-0.2, -0.15) is 0 Å². The zero-order chi connectivity index (χ0) is 16.8. The summed E-state index contributed by atoms with van der Waals surface area (Å²) in [5.74, 6) is 2.48. The van der Waals surface area contributed by atoms with Crippen molar-refractivity contribution < 1.29 is 14.2 Å². The Hall–Kier alpha value is -2.36. The van der Waals surface area contributed by atoms with E-state index in [9.17, 15) is 0 Å². The van der Waals surface area contributed by atoms with Gasteiger partial charge < -0.3 is 19.5 Å². The van der Waals surface area contributed by atoms with Crippen LogP contribution >= 0.6 is 0 Å². The molecule has 2 aromatic carbocycles. The van der Waals surface area contributed by atoms with Crippen LogP contribution in [0.3, 0.4) is 0 Å². The van der Waals surface area contributed by atoms with Crippen LogP contribution in [0.2, 0.25) is 0 Å². The van der Waals surface area contributed by atoms with E-state index in [2.05, 4.69) is 11.4 Å². The van der Waals surface area contributed by atoms with E-state index in [0.717, 1.165) is 42.3 Å². The quantitative estimate of drug-likeness (QED) is 0.804. The molecule has 1 saturated carbocycles. The molecular weight excluding hydrogens is 302 g/mol. The number of ether oxygens (including phenoxy) is 3. The van der Waals surface area contributed by atoms with Crippen molar-refractivity contribution in [3.8, 4) is 17.2 Å². The van der Waals surface area contributed by atoms with Crippen LogP contribution in [0.4, 0.5) is 5.69 Å². The lowest BCUT2D eigenvalue weighted by molar-refractivity contribution is 0.201. The second-order valence-electron chi connectivity index (χ2n) is 6.10. The summed E-state index contributed by atoms with van der Waals surface area (Å²) in [7, 11) is 3.36. The Kier molecular flexibility index (Phi) is 5.47. The molecule has 0 bridgehead atoms. The first kappa shape index (κ1) is 16.5. The summed E-state index contributed by atoms with van der Waals surface area (Å²) in [4.78, 5) is 0. The molecule has 128 valence electrons. The fourth-order valence-electron chi connectivity index (χ4n) is 3.05. The van der Waals surface area contributed by atoms with Crippen LogP contribution in [-0.2, 0) is 6.54 Å². The Bertz CT molecular complexity index is 666. The van der Waals surface area contributed by atoms with Gasteiger partial charge in [0.25, 0.3) is 0 Å². The molecule has 2 aromatic rings. The van der Waals surface area contributed by atoms with E-state index < -0.39 is 0 Å². The van der Waals surface area contributed by atoms with Crippen LogP contribution in [0.5, 0.6) is 17.2 Å². The van der Waals surface area contributed by atoms with Crippen LogP contribution in [0, 0.1) is 0 Å². The highest BCUT2D eigenvalue weighted by Crippen LogP contribution is 2.34. The van der Waals surface area contributed by atoms with E-state index in [0.29, 0.717) is 6.10 Å². The Morgan fingerprint density at radius 3 is 2.54 bits per heavy atom. The smallest absolute Gasteiger partial charge is 0.163 e. The minimum absolute atomic E-state index is 0.313. The SMILES string of the molecule is COc1cccc(CNc2ccc(OC)c(OC3CCCC3)c2)c1. The Balaban J connectivity index is 1.68. The number of anilines is 1. The lowest BCUT2D eigenvalue weighted by atomic mass is 10.2. The normalized spacial score (nSPS) is 14.4. The zero-order valence-corrected chi connectivity index (χ0v) is 14.4. The third kappa shape index (κ3) is 4.13. The highest BCUT2D eigenvalue weighted by atomic mass is 16.5. The van der Waals surface area contributed by atoms with E-state index in [-0.39, 0.29) is 0 Å². The molecule has 0 radical (unpaired) electrons. The van der Waals surface area contributed by atoms with Gasteiger partial charge in [0.15, 0.2) is 11.5 Å². The van der Waals surface area contributed by atoms with Crippen LogP contribution in [-0.4, -0.2) is 20.3 Å². The van der Waals surface area contributed by atoms with Gasteiger partial charge in [0.1, 0.15) is 5.75 Å². The van der Waals surface area contributed by atoms with Crippen LogP contribution in [0.15, 0.2) is 42.5 Å². The van der Waals surface area contributed by atoms with Crippen LogP contribution < -0.4 is 19.5 Å². The van der Waals surface area contributed by atoms with Gasteiger partial charge in [0, 0.05) is 18.3 Å². The van der Waals surface area contributed by atoms with Crippen LogP contribution in [0.1, 0.15) is 31.2 Å². The molecule has 3 rings (SSSR count). The summed E-state index contributed by atoms with van der Waals surface area (Å²) in [5.41, 5.74) is 2.19. The van der Waals surface area contributed by atoms with Crippen molar-refractivity contribution in [3.05, 3.63) is 48.0 Å². The van der Waals surface area contributed by atoms with Gasteiger partial charge in [-0.15, -0.1) is 0 Å². The summed E-state index contributed by atoms with van der Waals surface area (Å²) in [6.07, 6.45) is 5.07. The minimum atomic E-state index is 0.313. The van der Waals surface area contributed by atoms with Gasteiger partial charge in [-0.3, -0.25) is 0 Å². The first-order valence-electron chi connectivity index (χ1n) is 8.50. The molecule has 1 aliphatic carbocycles. The van der Waals surface area contributed by atoms with Crippen molar-refractivity contribution in [1.29, 1.82) is 0 Å². The summed E-state index contributed by atoms with van der Waals surface area (Å²) < 4.78 is 16.8. The van der Waals surface area contributed by atoms with Crippen molar-refractivity contribution in [3.63, 3.8) is 0 Å². The summed E-state index contributed by atoms with van der Waals surface area (Å²) in [6.45, 7) is 0.729. The highest BCUT2D eigenvalue weighted by Gasteiger charge is 2.18. The molecule has 0 unspecified atom stereocenters. The van der Waals surface area contributed by atoms with Gasteiger partial charge in [-0.05, 0) is 55.5 Å². The first-order chi connectivity index (χ1) is 11.8. The number of benzene rings is 2. The molecule has 0 spiro atoms. The average Bonchev–Trinajstić information content (AvgIpc) is 3.13. The molecule has 1 aliphatic rings. The number of methoxy groups -OCH3 is 2. The monoisotopic (exact) mass is 327 g/mol. The van der Waals surface area contributed by atoms with Gasteiger partial charge in [0.05, 0.1) is 20.3 Å². The fraction of sp³-hybridized carbons (Fsp3) is 0.400. The van der Waals surface area contributed by atoms with Crippen LogP contribution in [0.25, 0.3) is 0 Å². The molecule has 4 heteroatoms. The maximum Gasteiger partial charge on any atom is 0.163 e. The van der Waals surface area contributed by atoms with E-state index in [1.807, 2.05) is 36.4 Å². The lowest BCUT2D eigenvalue weighted by Gasteiger charge is -2.17. The third-order valence-electron chi connectivity index (χ3n) is 4.39. The molecule has 0 saturated heterocycles. The largest absolute Gasteiger partial charge is 0.497 e. The number of nitrogens with one attached hydrogen (secondary N) is 1. The average molecular weight is 327 g/mol. The topological polar surface area (TPSA) is 39.7 Å². The fourth-order valence-corrected chi connectivity index (χ4v) is 3.05. The molecule has 0 aliphatic heterocycles. The second kappa shape index (κ2) is 7.95. The maximum absolute atomic E-state index is 6.14. The molecular formula is C20H25NO3. The minimum Gasteiger partial charge on any atom is -0.497 e. The molecule has 0 amide bonds. The summed E-state index contributed by atoms with van der Waals surface area (Å²) in [6, 6.07) is 14.1. The number of hydrogen-bond acceptors (Lipinski definition) is 4. The van der Waals surface area contributed by atoms with E-state index in [4.69, 9.17) is 14.2 Å².